The molecule has 3 heteroatoms. The third-order valence-electron chi connectivity index (χ3n) is 4.10. The third-order valence-corrected chi connectivity index (χ3v) is 4.10. The average Bonchev–Trinajstić information content (AvgIpc) is 2.65. The molecule has 0 spiro atoms. The Morgan fingerprint density at radius 2 is 1.80 bits per heavy atom. The molecule has 3 nitrogen and oxygen atoms in total. The Morgan fingerprint density at radius 3 is 2.50 bits per heavy atom. The Morgan fingerprint density at radius 1 is 1.05 bits per heavy atom. The molecule has 1 heterocycles. The van der Waals surface area contributed by atoms with Crippen LogP contribution in [0.5, 0.6) is 0 Å². The molecule has 1 aromatic rings. The molecule has 1 atom stereocenters. The second-order valence-corrected chi connectivity index (χ2v) is 6.18. The second kappa shape index (κ2) is 7.77. The summed E-state index contributed by atoms with van der Waals surface area (Å²) in [5, 5.41) is 3.62. The van der Waals surface area contributed by atoms with Gasteiger partial charge in [-0.3, -0.25) is 4.90 Å². The van der Waals surface area contributed by atoms with Gasteiger partial charge in [-0.2, -0.15) is 0 Å². The van der Waals surface area contributed by atoms with E-state index >= 15 is 0 Å². The molecule has 0 bridgehead atoms. The maximum Gasteiger partial charge on any atom is 0.0473 e. The van der Waals surface area contributed by atoms with E-state index in [2.05, 4.69) is 66.3 Å². The van der Waals surface area contributed by atoms with Crippen LogP contribution in [0.4, 0.5) is 0 Å². The van der Waals surface area contributed by atoms with Crippen LogP contribution >= 0.6 is 0 Å². The van der Waals surface area contributed by atoms with Gasteiger partial charge in [0.1, 0.15) is 0 Å². The molecule has 0 aromatic heterocycles. The van der Waals surface area contributed by atoms with E-state index in [1.165, 1.54) is 31.6 Å². The van der Waals surface area contributed by atoms with Gasteiger partial charge < -0.3 is 10.2 Å². The van der Waals surface area contributed by atoms with Gasteiger partial charge in [-0.25, -0.2) is 0 Å². The van der Waals surface area contributed by atoms with Crippen LogP contribution in [-0.2, 0) is 0 Å². The fraction of sp³-hybridized carbons (Fsp3) is 0.647. The SMILES string of the molecule is CC(C)NCC(c1ccccc1)N1CCCN(C)CC1. The van der Waals surface area contributed by atoms with Gasteiger partial charge in [0, 0.05) is 38.3 Å². The predicted molar refractivity (Wildman–Crippen MR) is 86.0 cm³/mol. The smallest absolute Gasteiger partial charge is 0.0473 e. The molecule has 0 amide bonds. The zero-order chi connectivity index (χ0) is 14.4. The van der Waals surface area contributed by atoms with E-state index in [0.717, 1.165) is 13.1 Å². The molecule has 1 aliphatic rings. The Balaban J connectivity index is 2.08. The largest absolute Gasteiger partial charge is 0.313 e. The quantitative estimate of drug-likeness (QED) is 0.890. The van der Waals surface area contributed by atoms with Gasteiger partial charge in [-0.05, 0) is 25.6 Å². The van der Waals surface area contributed by atoms with Crippen LogP contribution in [0, 0.1) is 0 Å². The van der Waals surface area contributed by atoms with Gasteiger partial charge in [0.2, 0.25) is 0 Å². The lowest BCUT2D eigenvalue weighted by atomic mass is 10.0. The molecule has 1 aromatic carbocycles. The van der Waals surface area contributed by atoms with Crippen LogP contribution in [0.2, 0.25) is 0 Å². The van der Waals surface area contributed by atoms with Crippen molar-refractivity contribution in [2.24, 2.45) is 0 Å². The summed E-state index contributed by atoms with van der Waals surface area (Å²) in [6.07, 6.45) is 1.27. The van der Waals surface area contributed by atoms with E-state index in [9.17, 15) is 0 Å². The van der Waals surface area contributed by atoms with Crippen LogP contribution in [-0.4, -0.2) is 55.6 Å². The molecule has 2 rings (SSSR count). The highest BCUT2D eigenvalue weighted by Gasteiger charge is 2.22. The van der Waals surface area contributed by atoms with Crippen LogP contribution in [0.15, 0.2) is 30.3 Å². The van der Waals surface area contributed by atoms with E-state index in [4.69, 9.17) is 0 Å². The Hall–Kier alpha value is -0.900. The monoisotopic (exact) mass is 275 g/mol. The normalized spacial score (nSPS) is 20.0. The number of hydrogen-bond acceptors (Lipinski definition) is 3. The second-order valence-electron chi connectivity index (χ2n) is 6.18. The Kier molecular flexibility index (Phi) is 6.02. The average molecular weight is 275 g/mol. The molecule has 1 N–H and O–H groups in total. The number of nitrogens with zero attached hydrogens (tertiary/aromatic N) is 2. The molecule has 1 aliphatic heterocycles. The van der Waals surface area contributed by atoms with Gasteiger partial charge in [0.05, 0.1) is 0 Å². The van der Waals surface area contributed by atoms with Crippen molar-refractivity contribution in [3.8, 4) is 0 Å². The van der Waals surface area contributed by atoms with E-state index in [-0.39, 0.29) is 0 Å². The molecule has 0 radical (unpaired) electrons. The highest BCUT2D eigenvalue weighted by atomic mass is 15.2. The molecule has 0 saturated carbocycles. The summed E-state index contributed by atoms with van der Waals surface area (Å²) < 4.78 is 0. The predicted octanol–water partition coefficient (Wildman–Crippen LogP) is 2.36. The minimum Gasteiger partial charge on any atom is -0.313 e. The maximum absolute atomic E-state index is 3.62. The molecule has 1 unspecified atom stereocenters. The standard InChI is InChI=1S/C17H29N3/c1-15(2)18-14-17(16-8-5-4-6-9-16)20-11-7-10-19(3)12-13-20/h4-6,8-9,15,17-18H,7,10-14H2,1-3H3. The molecular formula is C17H29N3. The van der Waals surface area contributed by atoms with Crippen molar-refractivity contribution in [1.29, 1.82) is 0 Å². The van der Waals surface area contributed by atoms with E-state index in [1.807, 2.05) is 0 Å². The van der Waals surface area contributed by atoms with Crippen molar-refractivity contribution in [2.75, 3.05) is 39.8 Å². The van der Waals surface area contributed by atoms with Gasteiger partial charge in [0.25, 0.3) is 0 Å². The molecule has 1 fully saturated rings. The number of rotatable bonds is 5. The molecule has 20 heavy (non-hydrogen) atoms. The lowest BCUT2D eigenvalue weighted by molar-refractivity contribution is 0.196. The van der Waals surface area contributed by atoms with E-state index < -0.39 is 0 Å². The van der Waals surface area contributed by atoms with Crippen molar-refractivity contribution < 1.29 is 0 Å². The Labute approximate surface area is 124 Å². The first-order chi connectivity index (χ1) is 9.66. The van der Waals surface area contributed by atoms with E-state index in [0.29, 0.717) is 12.1 Å². The lowest BCUT2D eigenvalue weighted by Crippen LogP contribution is -2.39. The first-order valence-electron chi connectivity index (χ1n) is 7.87. The minimum atomic E-state index is 0.491. The first-order valence-corrected chi connectivity index (χ1v) is 7.87. The van der Waals surface area contributed by atoms with Gasteiger partial charge >= 0.3 is 0 Å². The summed E-state index contributed by atoms with van der Waals surface area (Å²) in [6.45, 7) is 10.2. The summed E-state index contributed by atoms with van der Waals surface area (Å²) >= 11 is 0. The Bertz CT molecular complexity index is 377. The van der Waals surface area contributed by atoms with Crippen molar-refractivity contribution in [3.05, 3.63) is 35.9 Å². The molecular weight excluding hydrogens is 246 g/mol. The van der Waals surface area contributed by atoms with Crippen molar-refractivity contribution >= 4 is 0 Å². The van der Waals surface area contributed by atoms with Gasteiger partial charge in [0.15, 0.2) is 0 Å². The summed E-state index contributed by atoms with van der Waals surface area (Å²) in [6, 6.07) is 12.0. The summed E-state index contributed by atoms with van der Waals surface area (Å²) in [5.41, 5.74) is 1.44. The third kappa shape index (κ3) is 4.58. The fourth-order valence-electron chi connectivity index (χ4n) is 2.86. The maximum atomic E-state index is 3.62. The van der Waals surface area contributed by atoms with E-state index in [1.54, 1.807) is 0 Å². The molecule has 0 aliphatic carbocycles. The van der Waals surface area contributed by atoms with Crippen molar-refractivity contribution in [1.82, 2.24) is 15.1 Å². The van der Waals surface area contributed by atoms with Crippen LogP contribution < -0.4 is 5.32 Å². The highest BCUT2D eigenvalue weighted by Crippen LogP contribution is 2.21. The fourth-order valence-corrected chi connectivity index (χ4v) is 2.86. The number of nitrogens with one attached hydrogen (secondary N) is 1. The van der Waals surface area contributed by atoms with Crippen molar-refractivity contribution in [3.63, 3.8) is 0 Å². The number of likely N-dealkylation sites (N-methyl/N-ethyl adjacent to an activating group) is 1. The van der Waals surface area contributed by atoms with Crippen LogP contribution in [0.1, 0.15) is 31.9 Å². The summed E-state index contributed by atoms with van der Waals surface area (Å²) in [7, 11) is 2.23. The van der Waals surface area contributed by atoms with Gasteiger partial charge in [-0.15, -0.1) is 0 Å². The summed E-state index contributed by atoms with van der Waals surface area (Å²) in [5.74, 6) is 0. The highest BCUT2D eigenvalue weighted by molar-refractivity contribution is 5.19. The number of hydrogen-bond donors (Lipinski definition) is 1. The van der Waals surface area contributed by atoms with Gasteiger partial charge in [-0.1, -0.05) is 44.2 Å². The molecule has 112 valence electrons. The topological polar surface area (TPSA) is 18.5 Å². The van der Waals surface area contributed by atoms with Crippen molar-refractivity contribution in [2.45, 2.75) is 32.4 Å². The lowest BCUT2D eigenvalue weighted by Gasteiger charge is -2.32. The molecule has 1 saturated heterocycles. The number of benzene rings is 1. The summed E-state index contributed by atoms with van der Waals surface area (Å²) in [4.78, 5) is 5.09. The van der Waals surface area contributed by atoms with Crippen LogP contribution in [0.3, 0.4) is 0 Å². The zero-order valence-electron chi connectivity index (χ0n) is 13.2. The zero-order valence-corrected chi connectivity index (χ0v) is 13.2. The minimum absolute atomic E-state index is 0.491. The first kappa shape index (κ1) is 15.5. The van der Waals surface area contributed by atoms with Crippen LogP contribution in [0.25, 0.3) is 0 Å².